The number of piperidine rings is 1. The summed E-state index contributed by atoms with van der Waals surface area (Å²) in [6.45, 7) is 3.91. The number of benzene rings is 2. The highest BCUT2D eigenvalue weighted by Crippen LogP contribution is 2.30. The third-order valence-electron chi connectivity index (χ3n) is 5.62. The Labute approximate surface area is 176 Å². The molecular weight excluding hydrogens is 382 g/mol. The fourth-order valence-electron chi connectivity index (χ4n) is 3.84. The average molecular weight is 412 g/mol. The zero-order valence-corrected chi connectivity index (χ0v) is 17.3. The molecule has 0 bridgehead atoms. The molecule has 0 aromatic heterocycles. The van der Waals surface area contributed by atoms with E-state index in [0.29, 0.717) is 19.0 Å². The Morgan fingerprint density at radius 2 is 1.57 bits per heavy atom. The molecule has 1 heterocycles. The third kappa shape index (κ3) is 5.17. The summed E-state index contributed by atoms with van der Waals surface area (Å²) in [6.07, 6.45) is 1.63. The van der Waals surface area contributed by atoms with E-state index >= 15 is 0 Å². The van der Waals surface area contributed by atoms with Gasteiger partial charge in [0.25, 0.3) is 5.91 Å². The van der Waals surface area contributed by atoms with Crippen molar-refractivity contribution in [1.82, 2.24) is 15.7 Å². The summed E-state index contributed by atoms with van der Waals surface area (Å²) < 4.78 is 0. The van der Waals surface area contributed by atoms with Crippen LogP contribution in [0.1, 0.15) is 38.2 Å². The van der Waals surface area contributed by atoms with E-state index in [2.05, 4.69) is 41.7 Å². The van der Waals surface area contributed by atoms with Crippen molar-refractivity contribution in [1.29, 1.82) is 0 Å². The fourth-order valence-corrected chi connectivity index (χ4v) is 3.84. The Morgan fingerprint density at radius 3 is 2.10 bits per heavy atom. The Balaban J connectivity index is 1.58. The lowest BCUT2D eigenvalue weighted by Gasteiger charge is -2.35. The first-order valence-electron chi connectivity index (χ1n) is 10.2. The highest BCUT2D eigenvalue weighted by Gasteiger charge is 2.36. The largest absolute Gasteiger partial charge is 0.388 e. The minimum Gasteiger partial charge on any atom is -0.388 e. The number of nitrogens with zero attached hydrogens (tertiary/aromatic N) is 1. The SMILES string of the molecule is CC(C)(O)[C@@H](NC(=O)N1CCC(c2ccc(-c3ccccc3)cc2)CC1)C(=O)NO. The highest BCUT2D eigenvalue weighted by atomic mass is 16.5. The third-order valence-corrected chi connectivity index (χ3v) is 5.62. The first-order chi connectivity index (χ1) is 14.3. The number of rotatable bonds is 5. The van der Waals surface area contributed by atoms with Crippen LogP contribution in [0.15, 0.2) is 54.6 Å². The molecule has 0 spiro atoms. The highest BCUT2D eigenvalue weighted by molar-refractivity contribution is 5.87. The molecule has 1 aliphatic rings. The number of carbonyl (C=O) groups excluding carboxylic acids is 2. The molecule has 2 aromatic carbocycles. The molecule has 3 amide bonds. The molecule has 1 fully saturated rings. The zero-order valence-electron chi connectivity index (χ0n) is 17.3. The quantitative estimate of drug-likeness (QED) is 0.449. The van der Waals surface area contributed by atoms with Crippen LogP contribution in [0.2, 0.25) is 0 Å². The molecule has 0 radical (unpaired) electrons. The van der Waals surface area contributed by atoms with Crippen molar-refractivity contribution in [3.8, 4) is 11.1 Å². The minimum atomic E-state index is -1.51. The first kappa shape index (κ1) is 21.8. The second kappa shape index (κ2) is 9.28. The lowest BCUT2D eigenvalue weighted by molar-refractivity contribution is -0.136. The van der Waals surface area contributed by atoms with Gasteiger partial charge in [0.2, 0.25) is 0 Å². The van der Waals surface area contributed by atoms with Crippen molar-refractivity contribution < 1.29 is 19.9 Å². The summed E-state index contributed by atoms with van der Waals surface area (Å²) >= 11 is 0. The monoisotopic (exact) mass is 411 g/mol. The van der Waals surface area contributed by atoms with Crippen molar-refractivity contribution in [3.05, 3.63) is 60.2 Å². The molecule has 4 N–H and O–H groups in total. The van der Waals surface area contributed by atoms with Crippen LogP contribution in [0.3, 0.4) is 0 Å². The van der Waals surface area contributed by atoms with Crippen LogP contribution in [0.4, 0.5) is 4.79 Å². The van der Waals surface area contributed by atoms with Gasteiger partial charge in [-0.2, -0.15) is 0 Å². The van der Waals surface area contributed by atoms with Gasteiger partial charge in [0.05, 0.1) is 5.60 Å². The van der Waals surface area contributed by atoms with E-state index in [1.165, 1.54) is 36.0 Å². The maximum Gasteiger partial charge on any atom is 0.318 e. The average Bonchev–Trinajstić information content (AvgIpc) is 2.77. The molecule has 7 heteroatoms. The fraction of sp³-hybridized carbons (Fsp3) is 0.391. The Morgan fingerprint density at radius 1 is 1.00 bits per heavy atom. The van der Waals surface area contributed by atoms with Crippen LogP contribution >= 0.6 is 0 Å². The van der Waals surface area contributed by atoms with E-state index in [9.17, 15) is 14.7 Å². The number of aliphatic hydroxyl groups is 1. The summed E-state index contributed by atoms with van der Waals surface area (Å²) in [5, 5.41) is 21.5. The number of likely N-dealkylation sites (tertiary alicyclic amines) is 1. The Bertz CT molecular complexity index is 854. The zero-order chi connectivity index (χ0) is 21.7. The van der Waals surface area contributed by atoms with Gasteiger partial charge in [-0.15, -0.1) is 0 Å². The van der Waals surface area contributed by atoms with Crippen LogP contribution in [0.5, 0.6) is 0 Å². The predicted molar refractivity (Wildman–Crippen MR) is 114 cm³/mol. The van der Waals surface area contributed by atoms with E-state index in [4.69, 9.17) is 5.21 Å². The summed E-state index contributed by atoms with van der Waals surface area (Å²) in [5.41, 5.74) is 3.59. The topological polar surface area (TPSA) is 102 Å². The van der Waals surface area contributed by atoms with E-state index in [1.807, 2.05) is 18.2 Å². The minimum absolute atomic E-state index is 0.365. The van der Waals surface area contributed by atoms with E-state index < -0.39 is 23.6 Å². The van der Waals surface area contributed by atoms with Crippen molar-refractivity contribution in [2.24, 2.45) is 0 Å². The van der Waals surface area contributed by atoms with E-state index in [0.717, 1.165) is 12.8 Å². The van der Waals surface area contributed by atoms with Crippen molar-refractivity contribution >= 4 is 11.9 Å². The molecule has 1 aliphatic heterocycles. The van der Waals surface area contributed by atoms with Gasteiger partial charge in [0.1, 0.15) is 6.04 Å². The number of hydrogen-bond donors (Lipinski definition) is 4. The number of amides is 3. The maximum atomic E-state index is 12.6. The molecule has 0 aliphatic carbocycles. The number of hydroxylamine groups is 1. The maximum absolute atomic E-state index is 12.6. The number of urea groups is 1. The summed E-state index contributed by atoms with van der Waals surface area (Å²) in [6, 6.07) is 17.1. The van der Waals surface area contributed by atoms with Gasteiger partial charge in [-0.3, -0.25) is 10.0 Å². The van der Waals surface area contributed by atoms with Crippen LogP contribution in [-0.4, -0.2) is 51.9 Å². The van der Waals surface area contributed by atoms with Gasteiger partial charge in [-0.05, 0) is 49.3 Å². The molecule has 1 saturated heterocycles. The van der Waals surface area contributed by atoms with Gasteiger partial charge in [0, 0.05) is 13.1 Å². The second-order valence-electron chi connectivity index (χ2n) is 8.26. The van der Waals surface area contributed by atoms with Gasteiger partial charge in [-0.25, -0.2) is 10.3 Å². The number of carbonyl (C=O) groups is 2. The first-order valence-corrected chi connectivity index (χ1v) is 10.2. The molecular formula is C23H29N3O4. The molecule has 160 valence electrons. The number of hydrogen-bond acceptors (Lipinski definition) is 4. The molecule has 3 rings (SSSR count). The van der Waals surface area contributed by atoms with Crippen molar-refractivity contribution in [3.63, 3.8) is 0 Å². The Kier molecular flexibility index (Phi) is 6.74. The van der Waals surface area contributed by atoms with Gasteiger partial charge in [-0.1, -0.05) is 54.6 Å². The predicted octanol–water partition coefficient (Wildman–Crippen LogP) is 2.89. The second-order valence-corrected chi connectivity index (χ2v) is 8.26. The van der Waals surface area contributed by atoms with Gasteiger partial charge in [0.15, 0.2) is 0 Å². The molecule has 1 atom stereocenters. The van der Waals surface area contributed by atoms with E-state index in [1.54, 1.807) is 4.90 Å². The van der Waals surface area contributed by atoms with Crippen LogP contribution in [0, 0.1) is 0 Å². The van der Waals surface area contributed by atoms with Crippen LogP contribution < -0.4 is 10.8 Å². The lowest BCUT2D eigenvalue weighted by Crippen LogP contribution is -2.60. The molecule has 2 aromatic rings. The van der Waals surface area contributed by atoms with E-state index in [-0.39, 0.29) is 0 Å². The van der Waals surface area contributed by atoms with Crippen molar-refractivity contribution in [2.75, 3.05) is 13.1 Å². The molecule has 0 unspecified atom stereocenters. The normalized spacial score (nSPS) is 16.1. The number of nitrogens with one attached hydrogen (secondary N) is 2. The molecule has 30 heavy (non-hydrogen) atoms. The smallest absolute Gasteiger partial charge is 0.318 e. The summed E-state index contributed by atoms with van der Waals surface area (Å²) in [7, 11) is 0. The summed E-state index contributed by atoms with van der Waals surface area (Å²) in [4.78, 5) is 26.0. The lowest BCUT2D eigenvalue weighted by atomic mass is 9.88. The Hall–Kier alpha value is -2.90. The van der Waals surface area contributed by atoms with Crippen LogP contribution in [-0.2, 0) is 4.79 Å². The van der Waals surface area contributed by atoms with Gasteiger partial charge < -0.3 is 15.3 Å². The van der Waals surface area contributed by atoms with Gasteiger partial charge >= 0.3 is 6.03 Å². The van der Waals surface area contributed by atoms with Crippen LogP contribution in [0.25, 0.3) is 11.1 Å². The molecule has 0 saturated carbocycles. The summed E-state index contributed by atoms with van der Waals surface area (Å²) in [5.74, 6) is -0.492. The standard InChI is InChI=1S/C23H29N3O4/c1-23(2,29)20(21(27)25-30)24-22(28)26-14-12-19(13-15-26)18-10-8-17(9-11-18)16-6-4-3-5-7-16/h3-11,19-20,29-30H,12-15H2,1-2H3,(H,24,28)(H,25,27)/t20-/m0/s1. The molecule has 7 nitrogen and oxygen atoms in total. The van der Waals surface area contributed by atoms with Crippen molar-refractivity contribution in [2.45, 2.75) is 44.2 Å².